The van der Waals surface area contributed by atoms with Gasteiger partial charge in [-0.1, -0.05) is 32.0 Å². The number of ether oxygens (including phenoxy) is 2. The number of hydrogen-bond donors (Lipinski definition) is 0. The van der Waals surface area contributed by atoms with Gasteiger partial charge in [0.25, 0.3) is 0 Å². The lowest BCUT2D eigenvalue weighted by atomic mass is 10.0. The average Bonchev–Trinajstić information content (AvgIpc) is 2.94. The van der Waals surface area contributed by atoms with E-state index >= 15 is 0 Å². The molecule has 0 spiro atoms. The third kappa shape index (κ3) is 5.12. The van der Waals surface area contributed by atoms with Gasteiger partial charge in [-0.15, -0.1) is 0 Å². The van der Waals surface area contributed by atoms with Crippen molar-refractivity contribution in [1.82, 2.24) is 14.9 Å². The van der Waals surface area contributed by atoms with Crippen LogP contribution >= 0.6 is 0 Å². The standard InChI is InChI=1S/C24H27N3O2/c1-18(2)17-29-22-7-4-19(5-8-22)20-6-9-23-21(14-20)15-27(12-13-28-23)16-24-25-10-3-11-26-24/h3-11,14,18H,12-13,15-17H2,1-2H3. The monoisotopic (exact) mass is 389 g/mol. The maximum Gasteiger partial charge on any atom is 0.142 e. The largest absolute Gasteiger partial charge is 0.493 e. The maximum absolute atomic E-state index is 5.98. The summed E-state index contributed by atoms with van der Waals surface area (Å²) in [6.45, 7) is 8.09. The van der Waals surface area contributed by atoms with Gasteiger partial charge in [0.1, 0.15) is 23.9 Å². The van der Waals surface area contributed by atoms with Gasteiger partial charge in [0, 0.05) is 31.0 Å². The number of aromatic nitrogens is 2. The van der Waals surface area contributed by atoms with Crippen molar-refractivity contribution in [1.29, 1.82) is 0 Å². The molecule has 0 saturated heterocycles. The second kappa shape index (κ2) is 9.05. The topological polar surface area (TPSA) is 47.5 Å². The molecule has 1 aliphatic rings. The quantitative estimate of drug-likeness (QED) is 0.618. The predicted molar refractivity (Wildman–Crippen MR) is 114 cm³/mol. The molecule has 2 aromatic carbocycles. The molecule has 0 aliphatic carbocycles. The van der Waals surface area contributed by atoms with Crippen LogP contribution in [0.5, 0.6) is 11.5 Å². The van der Waals surface area contributed by atoms with Crippen molar-refractivity contribution in [3.05, 3.63) is 72.3 Å². The first-order valence-electron chi connectivity index (χ1n) is 10.1. The Hall–Kier alpha value is -2.92. The van der Waals surface area contributed by atoms with E-state index in [4.69, 9.17) is 9.47 Å². The summed E-state index contributed by atoms with van der Waals surface area (Å²) in [7, 11) is 0. The zero-order chi connectivity index (χ0) is 20.1. The molecule has 0 fully saturated rings. The molecule has 5 heteroatoms. The van der Waals surface area contributed by atoms with Gasteiger partial charge >= 0.3 is 0 Å². The van der Waals surface area contributed by atoms with Gasteiger partial charge in [0.2, 0.25) is 0 Å². The molecular formula is C24H27N3O2. The number of benzene rings is 2. The van der Waals surface area contributed by atoms with E-state index in [2.05, 4.69) is 59.0 Å². The molecular weight excluding hydrogens is 362 g/mol. The molecule has 0 bridgehead atoms. The first-order chi connectivity index (χ1) is 14.2. The van der Waals surface area contributed by atoms with E-state index in [-0.39, 0.29) is 0 Å². The zero-order valence-corrected chi connectivity index (χ0v) is 17.0. The smallest absolute Gasteiger partial charge is 0.142 e. The maximum atomic E-state index is 5.98. The Balaban J connectivity index is 1.50. The van der Waals surface area contributed by atoms with Gasteiger partial charge in [0.05, 0.1) is 13.2 Å². The van der Waals surface area contributed by atoms with Gasteiger partial charge < -0.3 is 9.47 Å². The van der Waals surface area contributed by atoms with Crippen LogP contribution in [0.15, 0.2) is 60.9 Å². The van der Waals surface area contributed by atoms with E-state index in [1.54, 1.807) is 12.4 Å². The first-order valence-corrected chi connectivity index (χ1v) is 10.1. The van der Waals surface area contributed by atoms with E-state index in [1.807, 2.05) is 18.2 Å². The van der Waals surface area contributed by atoms with Crippen LogP contribution in [-0.2, 0) is 13.1 Å². The molecule has 150 valence electrons. The van der Waals surface area contributed by atoms with E-state index in [9.17, 15) is 0 Å². The van der Waals surface area contributed by atoms with Crippen molar-refractivity contribution < 1.29 is 9.47 Å². The Labute approximate surface area is 172 Å². The lowest BCUT2D eigenvalue weighted by Crippen LogP contribution is -2.26. The fraction of sp³-hybridized carbons (Fsp3) is 0.333. The molecule has 29 heavy (non-hydrogen) atoms. The SMILES string of the molecule is CC(C)COc1ccc(-c2ccc3c(c2)CN(Cc2ncccn2)CCO3)cc1. The molecule has 0 radical (unpaired) electrons. The van der Waals surface area contributed by atoms with Gasteiger partial charge in [-0.25, -0.2) is 9.97 Å². The molecule has 1 aromatic heterocycles. The summed E-state index contributed by atoms with van der Waals surface area (Å²) in [6, 6.07) is 16.6. The average molecular weight is 389 g/mol. The summed E-state index contributed by atoms with van der Waals surface area (Å²) in [5.41, 5.74) is 3.54. The van der Waals surface area contributed by atoms with Crippen LogP contribution in [0.4, 0.5) is 0 Å². The molecule has 5 nitrogen and oxygen atoms in total. The lowest BCUT2D eigenvalue weighted by molar-refractivity contribution is 0.215. The van der Waals surface area contributed by atoms with Crippen molar-refractivity contribution in [2.45, 2.75) is 26.9 Å². The molecule has 0 saturated carbocycles. The summed E-state index contributed by atoms with van der Waals surface area (Å²) in [5, 5.41) is 0. The first kappa shape index (κ1) is 19.4. The van der Waals surface area contributed by atoms with Gasteiger partial charge in [-0.2, -0.15) is 0 Å². The fourth-order valence-electron chi connectivity index (χ4n) is 3.38. The fourth-order valence-corrected chi connectivity index (χ4v) is 3.38. The predicted octanol–water partition coefficient (Wildman–Crippen LogP) is 4.57. The van der Waals surface area contributed by atoms with Crippen molar-refractivity contribution in [3.63, 3.8) is 0 Å². The highest BCUT2D eigenvalue weighted by Gasteiger charge is 2.17. The molecule has 0 unspecified atom stereocenters. The molecule has 1 aliphatic heterocycles. The van der Waals surface area contributed by atoms with Crippen LogP contribution < -0.4 is 9.47 Å². The van der Waals surface area contributed by atoms with E-state index in [0.717, 1.165) is 43.6 Å². The van der Waals surface area contributed by atoms with E-state index in [1.165, 1.54) is 16.7 Å². The van der Waals surface area contributed by atoms with Crippen molar-refractivity contribution in [3.8, 4) is 22.6 Å². The number of nitrogens with zero attached hydrogens (tertiary/aromatic N) is 3. The second-order valence-electron chi connectivity index (χ2n) is 7.78. The summed E-state index contributed by atoms with van der Waals surface area (Å²) in [4.78, 5) is 11.0. The molecule has 0 amide bonds. The van der Waals surface area contributed by atoms with Crippen molar-refractivity contribution in [2.75, 3.05) is 19.8 Å². The highest BCUT2D eigenvalue weighted by atomic mass is 16.5. The van der Waals surface area contributed by atoms with Crippen LogP contribution in [0, 0.1) is 5.92 Å². The minimum atomic E-state index is 0.517. The van der Waals surface area contributed by atoms with Gasteiger partial charge in [0.15, 0.2) is 0 Å². The van der Waals surface area contributed by atoms with Gasteiger partial charge in [-0.05, 0) is 47.4 Å². The minimum Gasteiger partial charge on any atom is -0.493 e. The molecule has 0 atom stereocenters. The zero-order valence-electron chi connectivity index (χ0n) is 17.0. The summed E-state index contributed by atoms with van der Waals surface area (Å²) in [5.74, 6) is 3.23. The van der Waals surface area contributed by atoms with Crippen LogP contribution in [-0.4, -0.2) is 34.6 Å². The van der Waals surface area contributed by atoms with Crippen molar-refractivity contribution >= 4 is 0 Å². The number of hydrogen-bond acceptors (Lipinski definition) is 5. The molecule has 4 rings (SSSR count). The molecule has 2 heterocycles. The highest BCUT2D eigenvalue weighted by Crippen LogP contribution is 2.30. The second-order valence-corrected chi connectivity index (χ2v) is 7.78. The normalized spacial score (nSPS) is 14.2. The Morgan fingerprint density at radius 3 is 2.55 bits per heavy atom. The number of fused-ring (bicyclic) bond motifs is 1. The summed E-state index contributed by atoms with van der Waals surface area (Å²) < 4.78 is 11.8. The number of rotatable bonds is 6. The third-order valence-corrected chi connectivity index (χ3v) is 4.87. The Kier molecular flexibility index (Phi) is 6.06. The van der Waals surface area contributed by atoms with Crippen LogP contribution in [0.3, 0.4) is 0 Å². The van der Waals surface area contributed by atoms with Crippen LogP contribution in [0.2, 0.25) is 0 Å². The molecule has 3 aromatic rings. The Bertz CT molecular complexity index is 927. The van der Waals surface area contributed by atoms with Crippen LogP contribution in [0.25, 0.3) is 11.1 Å². The van der Waals surface area contributed by atoms with Crippen LogP contribution in [0.1, 0.15) is 25.2 Å². The van der Waals surface area contributed by atoms with Gasteiger partial charge in [-0.3, -0.25) is 4.90 Å². The van der Waals surface area contributed by atoms with Crippen molar-refractivity contribution in [2.24, 2.45) is 5.92 Å². The van der Waals surface area contributed by atoms with E-state index in [0.29, 0.717) is 12.5 Å². The molecule has 0 N–H and O–H groups in total. The summed E-state index contributed by atoms with van der Waals surface area (Å²) >= 11 is 0. The minimum absolute atomic E-state index is 0.517. The van der Waals surface area contributed by atoms with E-state index < -0.39 is 0 Å². The Morgan fingerprint density at radius 1 is 1.03 bits per heavy atom. The summed E-state index contributed by atoms with van der Waals surface area (Å²) in [6.07, 6.45) is 3.58. The highest BCUT2D eigenvalue weighted by molar-refractivity contribution is 5.66. The lowest BCUT2D eigenvalue weighted by Gasteiger charge is -2.18. The third-order valence-electron chi connectivity index (χ3n) is 4.87. The Morgan fingerprint density at radius 2 is 1.79 bits per heavy atom.